The molecule has 1 aliphatic rings. The first kappa shape index (κ1) is 12.1. The van der Waals surface area contributed by atoms with E-state index in [9.17, 15) is 4.79 Å². The maximum absolute atomic E-state index is 11.1. The highest BCUT2D eigenvalue weighted by molar-refractivity contribution is 7.14. The lowest BCUT2D eigenvalue weighted by atomic mass is 10.1. The molecule has 0 unspecified atom stereocenters. The second-order valence-corrected chi connectivity index (χ2v) is 5.63. The van der Waals surface area contributed by atoms with Crippen LogP contribution in [0.25, 0.3) is 0 Å². The number of rotatable bonds is 3. The number of aryl methyl sites for hydroxylation is 1. The van der Waals surface area contributed by atoms with Crippen LogP contribution in [-0.2, 0) is 11.3 Å². The van der Waals surface area contributed by atoms with Crippen molar-refractivity contribution in [1.82, 2.24) is 15.0 Å². The van der Waals surface area contributed by atoms with Gasteiger partial charge in [-0.1, -0.05) is 0 Å². The van der Waals surface area contributed by atoms with Crippen LogP contribution in [-0.4, -0.2) is 21.2 Å². The van der Waals surface area contributed by atoms with Crippen LogP contribution in [0, 0.1) is 6.92 Å². The molecular weight excluding hydrogens is 260 g/mol. The normalized spacial score (nSPS) is 15.2. The van der Waals surface area contributed by atoms with Crippen LogP contribution >= 0.6 is 11.3 Å². The molecule has 0 atom stereocenters. The van der Waals surface area contributed by atoms with Crippen molar-refractivity contribution >= 4 is 23.0 Å². The van der Waals surface area contributed by atoms with E-state index in [0.717, 1.165) is 29.4 Å². The molecule has 3 rings (SSSR count). The number of aromatic nitrogens is 2. The lowest BCUT2D eigenvalue weighted by Crippen LogP contribution is -2.25. The third kappa shape index (κ3) is 2.58. The molecule has 19 heavy (non-hydrogen) atoms. The first-order valence-corrected chi connectivity index (χ1v) is 6.96. The van der Waals surface area contributed by atoms with Crippen LogP contribution in [0.4, 0.5) is 0 Å². The first-order valence-electron chi connectivity index (χ1n) is 6.14. The Kier molecular flexibility index (Phi) is 3.16. The molecule has 0 fully saturated rings. The van der Waals surface area contributed by atoms with Crippen molar-refractivity contribution in [3.8, 4) is 0 Å². The molecule has 1 N–H and O–H groups in total. The maximum Gasteiger partial charge on any atom is 0.240 e. The summed E-state index contributed by atoms with van der Waals surface area (Å²) >= 11 is 1.72. The molecule has 1 amide bonds. The number of carbonyl (C=O) groups is 1. The molecule has 2 aromatic rings. The minimum Gasteiger partial charge on any atom is -0.330 e. The van der Waals surface area contributed by atoms with Gasteiger partial charge in [-0.25, -0.2) is 10.4 Å². The number of hydrogen-bond donors (Lipinski definition) is 1. The lowest BCUT2D eigenvalue weighted by Gasteiger charge is -2.09. The minimum atomic E-state index is -0.00503. The average molecular weight is 274 g/mol. The van der Waals surface area contributed by atoms with Crippen LogP contribution in [0.2, 0.25) is 0 Å². The third-order valence-corrected chi connectivity index (χ3v) is 4.22. The molecule has 0 spiro atoms. The monoisotopic (exact) mass is 274 g/mol. The average Bonchev–Trinajstić information content (AvgIpc) is 3.01. The Morgan fingerprint density at radius 1 is 1.42 bits per heavy atom. The zero-order chi connectivity index (χ0) is 13.2. The van der Waals surface area contributed by atoms with Gasteiger partial charge in [0.25, 0.3) is 0 Å². The second kappa shape index (κ2) is 4.97. The van der Waals surface area contributed by atoms with Gasteiger partial charge in [0, 0.05) is 30.1 Å². The van der Waals surface area contributed by atoms with E-state index in [1.54, 1.807) is 11.3 Å². The fourth-order valence-corrected chi connectivity index (χ4v) is 3.03. The topological polar surface area (TPSA) is 59.3 Å². The lowest BCUT2D eigenvalue weighted by molar-refractivity contribution is -0.121. The standard InChI is InChI=1S/C13H14N4OS/c1-9-14-6-7-17(9)8-10-2-4-12(19-10)11-3-5-13(18)16-15-11/h2,4,6-7H,3,5,8H2,1H3,(H,16,18). The SMILES string of the molecule is Cc1nccn1Cc1ccc(C2=NNC(=O)CC2)s1. The Morgan fingerprint density at radius 3 is 3.00 bits per heavy atom. The zero-order valence-corrected chi connectivity index (χ0v) is 11.4. The molecular formula is C13H14N4OS. The highest BCUT2D eigenvalue weighted by Crippen LogP contribution is 2.21. The molecule has 98 valence electrons. The zero-order valence-electron chi connectivity index (χ0n) is 10.6. The molecule has 5 nitrogen and oxygen atoms in total. The summed E-state index contributed by atoms with van der Waals surface area (Å²) in [6.07, 6.45) is 5.03. The van der Waals surface area contributed by atoms with E-state index >= 15 is 0 Å². The highest BCUT2D eigenvalue weighted by Gasteiger charge is 2.15. The van der Waals surface area contributed by atoms with Crippen molar-refractivity contribution in [2.75, 3.05) is 0 Å². The van der Waals surface area contributed by atoms with Crippen LogP contribution in [0.3, 0.4) is 0 Å². The van der Waals surface area contributed by atoms with E-state index < -0.39 is 0 Å². The van der Waals surface area contributed by atoms with Gasteiger partial charge in [0.05, 0.1) is 17.1 Å². The van der Waals surface area contributed by atoms with Gasteiger partial charge in [0.15, 0.2) is 0 Å². The molecule has 1 aliphatic heterocycles. The van der Waals surface area contributed by atoms with E-state index in [0.29, 0.717) is 6.42 Å². The summed E-state index contributed by atoms with van der Waals surface area (Å²) in [7, 11) is 0. The Bertz CT molecular complexity index is 641. The summed E-state index contributed by atoms with van der Waals surface area (Å²) in [5, 5.41) is 4.12. The van der Waals surface area contributed by atoms with E-state index in [2.05, 4.69) is 32.2 Å². The van der Waals surface area contributed by atoms with Crippen molar-refractivity contribution in [3.63, 3.8) is 0 Å². The summed E-state index contributed by atoms with van der Waals surface area (Å²) in [5.41, 5.74) is 3.51. The van der Waals surface area contributed by atoms with Gasteiger partial charge in [-0.3, -0.25) is 4.79 Å². The number of thiophene rings is 1. The number of hydrogen-bond acceptors (Lipinski definition) is 4. The Balaban J connectivity index is 1.77. The van der Waals surface area contributed by atoms with E-state index in [1.807, 2.05) is 19.3 Å². The van der Waals surface area contributed by atoms with Gasteiger partial charge in [-0.15, -0.1) is 11.3 Å². The van der Waals surface area contributed by atoms with Gasteiger partial charge in [0.1, 0.15) is 5.82 Å². The molecule has 0 radical (unpaired) electrons. The molecule has 0 aromatic carbocycles. The highest BCUT2D eigenvalue weighted by atomic mass is 32.1. The number of carbonyl (C=O) groups excluding carboxylic acids is 1. The van der Waals surface area contributed by atoms with E-state index in [4.69, 9.17) is 0 Å². The summed E-state index contributed by atoms with van der Waals surface area (Å²) in [6.45, 7) is 2.82. The number of hydrazone groups is 1. The molecule has 3 heterocycles. The van der Waals surface area contributed by atoms with Crippen LogP contribution in [0.15, 0.2) is 29.6 Å². The van der Waals surface area contributed by atoms with Crippen molar-refractivity contribution < 1.29 is 4.79 Å². The quantitative estimate of drug-likeness (QED) is 0.929. The van der Waals surface area contributed by atoms with Gasteiger partial charge in [-0.05, 0) is 19.1 Å². The Morgan fingerprint density at radius 2 is 2.32 bits per heavy atom. The number of imidazole rings is 1. The van der Waals surface area contributed by atoms with Crippen molar-refractivity contribution in [2.24, 2.45) is 5.10 Å². The fraction of sp³-hybridized carbons (Fsp3) is 0.308. The predicted molar refractivity (Wildman–Crippen MR) is 74.3 cm³/mol. The van der Waals surface area contributed by atoms with E-state index in [-0.39, 0.29) is 5.91 Å². The first-order chi connectivity index (χ1) is 9.22. The van der Waals surface area contributed by atoms with Crippen molar-refractivity contribution in [2.45, 2.75) is 26.3 Å². The number of nitrogens with one attached hydrogen (secondary N) is 1. The predicted octanol–water partition coefficient (Wildman–Crippen LogP) is 1.92. The van der Waals surface area contributed by atoms with Crippen LogP contribution < -0.4 is 5.43 Å². The summed E-state index contributed by atoms with van der Waals surface area (Å²) in [5.74, 6) is 1.01. The van der Waals surface area contributed by atoms with Gasteiger partial charge in [-0.2, -0.15) is 5.10 Å². The van der Waals surface area contributed by atoms with Crippen molar-refractivity contribution in [1.29, 1.82) is 0 Å². The molecule has 0 saturated carbocycles. The fourth-order valence-electron chi connectivity index (χ4n) is 2.01. The second-order valence-electron chi connectivity index (χ2n) is 4.46. The molecule has 0 aliphatic carbocycles. The molecule has 0 saturated heterocycles. The van der Waals surface area contributed by atoms with Gasteiger partial charge in [0.2, 0.25) is 5.91 Å². The molecule has 0 bridgehead atoms. The Hall–Kier alpha value is -1.95. The minimum absolute atomic E-state index is 0.00503. The maximum atomic E-state index is 11.1. The number of amides is 1. The summed E-state index contributed by atoms with van der Waals surface area (Å²) in [4.78, 5) is 17.7. The smallest absolute Gasteiger partial charge is 0.240 e. The van der Waals surface area contributed by atoms with Crippen molar-refractivity contribution in [3.05, 3.63) is 40.1 Å². The van der Waals surface area contributed by atoms with Crippen LogP contribution in [0.5, 0.6) is 0 Å². The Labute approximate surface area is 115 Å². The van der Waals surface area contributed by atoms with Crippen LogP contribution in [0.1, 0.15) is 28.4 Å². The van der Waals surface area contributed by atoms with Gasteiger partial charge < -0.3 is 4.57 Å². The van der Waals surface area contributed by atoms with E-state index in [1.165, 1.54) is 4.88 Å². The summed E-state index contributed by atoms with van der Waals surface area (Å²) in [6, 6.07) is 4.18. The molecule has 2 aromatic heterocycles. The molecule has 6 heteroatoms. The van der Waals surface area contributed by atoms with Gasteiger partial charge >= 0.3 is 0 Å². The third-order valence-electron chi connectivity index (χ3n) is 3.10. The number of nitrogens with zero attached hydrogens (tertiary/aromatic N) is 3. The summed E-state index contributed by atoms with van der Waals surface area (Å²) < 4.78 is 2.11. The largest absolute Gasteiger partial charge is 0.330 e.